The number of ether oxygens (including phenoxy) is 1. The van der Waals surface area contributed by atoms with Crippen LogP contribution in [-0.2, 0) is 0 Å². The van der Waals surface area contributed by atoms with Gasteiger partial charge in [-0.15, -0.1) is 0 Å². The molecule has 0 aliphatic carbocycles. The monoisotopic (exact) mass is 279 g/mol. The lowest BCUT2D eigenvalue weighted by Crippen LogP contribution is -1.98. The summed E-state index contributed by atoms with van der Waals surface area (Å²) in [4.78, 5) is 12.2. The average molecular weight is 279 g/mol. The number of carbonyl (C=O) groups is 1. The molecule has 0 fully saturated rings. The van der Waals surface area contributed by atoms with Crippen molar-refractivity contribution in [3.63, 3.8) is 0 Å². The molecule has 102 valence electrons. The topological polar surface area (TPSA) is 90.6 Å². The van der Waals surface area contributed by atoms with Crippen LogP contribution in [0.4, 0.5) is 0 Å². The lowest BCUT2D eigenvalue weighted by molar-refractivity contribution is 0.101. The minimum absolute atomic E-state index is 0.0349. The van der Waals surface area contributed by atoms with Gasteiger partial charge in [0.1, 0.15) is 22.8 Å². The number of hydrogen-bond donors (Lipinski definition) is 2. The number of fused-ring (bicyclic) bond motifs is 1. The van der Waals surface area contributed by atoms with Crippen LogP contribution in [0.3, 0.4) is 0 Å². The maximum atomic E-state index is 12.2. The molecule has 0 saturated heterocycles. The van der Waals surface area contributed by atoms with E-state index in [1.54, 1.807) is 24.3 Å². The zero-order chi connectivity index (χ0) is 15.0. The molecule has 0 spiro atoms. The van der Waals surface area contributed by atoms with Crippen LogP contribution in [0.25, 0.3) is 6.08 Å². The molecule has 0 bridgehead atoms. The van der Waals surface area contributed by atoms with E-state index in [1.165, 1.54) is 12.1 Å². The number of phenolic OH excluding ortho intramolecular Hbond substituents is 2. The Morgan fingerprint density at radius 3 is 2.52 bits per heavy atom. The number of nitriles is 1. The van der Waals surface area contributed by atoms with Crippen molar-refractivity contribution in [3.8, 4) is 23.3 Å². The highest BCUT2D eigenvalue weighted by Gasteiger charge is 2.31. The van der Waals surface area contributed by atoms with E-state index in [0.29, 0.717) is 11.1 Å². The summed E-state index contributed by atoms with van der Waals surface area (Å²) in [6, 6.07) is 11.0. The molecule has 5 nitrogen and oxygen atoms in total. The van der Waals surface area contributed by atoms with Crippen molar-refractivity contribution in [2.45, 2.75) is 0 Å². The largest absolute Gasteiger partial charge is 0.508 e. The Morgan fingerprint density at radius 1 is 1.14 bits per heavy atom. The summed E-state index contributed by atoms with van der Waals surface area (Å²) >= 11 is 0. The highest BCUT2D eigenvalue weighted by molar-refractivity contribution is 6.16. The Morgan fingerprint density at radius 2 is 1.86 bits per heavy atom. The second kappa shape index (κ2) is 4.69. The number of ketones is 1. The van der Waals surface area contributed by atoms with E-state index in [1.807, 2.05) is 6.07 Å². The second-order valence-corrected chi connectivity index (χ2v) is 4.51. The van der Waals surface area contributed by atoms with Crippen molar-refractivity contribution < 1.29 is 19.7 Å². The number of benzene rings is 2. The fourth-order valence-corrected chi connectivity index (χ4v) is 2.08. The van der Waals surface area contributed by atoms with Crippen LogP contribution in [0.15, 0.2) is 42.2 Å². The highest BCUT2D eigenvalue weighted by Crippen LogP contribution is 2.40. The summed E-state index contributed by atoms with van der Waals surface area (Å²) in [5, 5.41) is 27.8. The molecular formula is C16H9NO4. The van der Waals surface area contributed by atoms with Crippen molar-refractivity contribution in [2.75, 3.05) is 0 Å². The lowest BCUT2D eigenvalue weighted by atomic mass is 10.1. The van der Waals surface area contributed by atoms with Crippen LogP contribution in [0, 0.1) is 11.3 Å². The summed E-state index contributed by atoms with van der Waals surface area (Å²) < 4.78 is 5.37. The zero-order valence-corrected chi connectivity index (χ0v) is 10.7. The number of nitrogens with zero attached hydrogens (tertiary/aromatic N) is 1. The summed E-state index contributed by atoms with van der Waals surface area (Å²) in [7, 11) is 0. The molecule has 0 atom stereocenters. The summed E-state index contributed by atoms with van der Waals surface area (Å²) in [6.45, 7) is 0. The molecule has 0 saturated carbocycles. The minimum Gasteiger partial charge on any atom is -0.508 e. The SMILES string of the molecule is N#Cc1ccc(/C=C2\Oc3cc(O)cc(O)c3C2=O)cc1. The van der Waals surface area contributed by atoms with Gasteiger partial charge in [-0.1, -0.05) is 12.1 Å². The van der Waals surface area contributed by atoms with Crippen molar-refractivity contribution in [1.82, 2.24) is 0 Å². The molecule has 1 heterocycles. The van der Waals surface area contributed by atoms with Crippen molar-refractivity contribution >= 4 is 11.9 Å². The van der Waals surface area contributed by atoms with Gasteiger partial charge < -0.3 is 14.9 Å². The molecular weight excluding hydrogens is 270 g/mol. The van der Waals surface area contributed by atoms with Crippen molar-refractivity contribution in [2.24, 2.45) is 0 Å². The first kappa shape index (κ1) is 12.8. The molecule has 0 radical (unpaired) electrons. The van der Waals surface area contributed by atoms with E-state index in [-0.39, 0.29) is 28.6 Å². The fraction of sp³-hybridized carbons (Fsp3) is 0. The Balaban J connectivity index is 1.99. The Kier molecular flexibility index (Phi) is 2.85. The first-order valence-electron chi connectivity index (χ1n) is 6.09. The van der Waals surface area contributed by atoms with E-state index in [4.69, 9.17) is 10.00 Å². The third-order valence-corrected chi connectivity index (χ3v) is 3.07. The fourth-order valence-electron chi connectivity index (χ4n) is 2.08. The molecule has 1 aliphatic rings. The van der Waals surface area contributed by atoms with Gasteiger partial charge in [-0.25, -0.2) is 0 Å². The molecule has 0 amide bonds. The van der Waals surface area contributed by atoms with Crippen LogP contribution in [0.1, 0.15) is 21.5 Å². The highest BCUT2D eigenvalue weighted by atomic mass is 16.5. The molecule has 1 aliphatic heterocycles. The Bertz CT molecular complexity index is 813. The molecule has 2 aromatic carbocycles. The molecule has 2 aromatic rings. The first-order chi connectivity index (χ1) is 10.1. The molecule has 0 aromatic heterocycles. The van der Waals surface area contributed by atoms with Crippen molar-refractivity contribution in [3.05, 3.63) is 58.8 Å². The average Bonchev–Trinajstić information content (AvgIpc) is 2.76. The summed E-state index contributed by atoms with van der Waals surface area (Å²) in [5.74, 6) is -0.781. The van der Waals surface area contributed by atoms with E-state index in [0.717, 1.165) is 6.07 Å². The molecule has 2 N–H and O–H groups in total. The number of Topliss-reactive ketones (excluding diaryl/α,β-unsaturated/α-hetero) is 1. The van der Waals surface area contributed by atoms with E-state index in [2.05, 4.69) is 0 Å². The number of allylic oxidation sites excluding steroid dienone is 1. The number of rotatable bonds is 1. The number of carbonyl (C=O) groups excluding carboxylic acids is 1. The summed E-state index contributed by atoms with van der Waals surface area (Å²) in [6.07, 6.45) is 1.51. The van der Waals surface area contributed by atoms with Gasteiger partial charge in [0.2, 0.25) is 5.78 Å². The van der Waals surface area contributed by atoms with Crippen LogP contribution >= 0.6 is 0 Å². The minimum atomic E-state index is -0.452. The number of hydrogen-bond acceptors (Lipinski definition) is 5. The predicted octanol–water partition coefficient (Wildman–Crippen LogP) is 2.59. The van der Waals surface area contributed by atoms with Gasteiger partial charge in [0.25, 0.3) is 0 Å². The molecule has 3 rings (SSSR count). The third-order valence-electron chi connectivity index (χ3n) is 3.07. The van der Waals surface area contributed by atoms with E-state index >= 15 is 0 Å². The van der Waals surface area contributed by atoms with Crippen molar-refractivity contribution in [1.29, 1.82) is 5.26 Å². The summed E-state index contributed by atoms with van der Waals surface area (Å²) in [5.41, 5.74) is 1.24. The van der Waals surface area contributed by atoms with Gasteiger partial charge in [-0.3, -0.25) is 4.79 Å². The van der Waals surface area contributed by atoms with E-state index < -0.39 is 5.78 Å². The Hall–Kier alpha value is -3.26. The van der Waals surface area contributed by atoms with Gasteiger partial charge in [0.15, 0.2) is 5.76 Å². The third kappa shape index (κ3) is 2.19. The van der Waals surface area contributed by atoms with Crippen LogP contribution < -0.4 is 4.74 Å². The van der Waals surface area contributed by atoms with Crippen LogP contribution in [-0.4, -0.2) is 16.0 Å². The van der Waals surface area contributed by atoms with E-state index in [9.17, 15) is 15.0 Å². The maximum Gasteiger partial charge on any atom is 0.235 e. The van der Waals surface area contributed by atoms with Gasteiger partial charge in [0.05, 0.1) is 11.6 Å². The van der Waals surface area contributed by atoms with Crippen LogP contribution in [0.2, 0.25) is 0 Å². The predicted molar refractivity (Wildman–Crippen MR) is 73.9 cm³/mol. The molecule has 0 unspecified atom stereocenters. The normalized spacial score (nSPS) is 14.6. The van der Waals surface area contributed by atoms with Gasteiger partial charge in [-0.2, -0.15) is 5.26 Å². The van der Waals surface area contributed by atoms with Gasteiger partial charge >= 0.3 is 0 Å². The first-order valence-corrected chi connectivity index (χ1v) is 6.09. The smallest absolute Gasteiger partial charge is 0.235 e. The lowest BCUT2D eigenvalue weighted by Gasteiger charge is -2.00. The Labute approximate surface area is 120 Å². The maximum absolute atomic E-state index is 12.2. The molecule has 5 heteroatoms. The van der Waals surface area contributed by atoms with Crippen LogP contribution in [0.5, 0.6) is 17.2 Å². The van der Waals surface area contributed by atoms with Gasteiger partial charge in [-0.05, 0) is 23.8 Å². The quantitative estimate of drug-likeness (QED) is 0.783. The number of aromatic hydroxyl groups is 2. The second-order valence-electron chi connectivity index (χ2n) is 4.51. The standard InChI is InChI=1S/C16H9NO4/c17-8-10-3-1-9(2-4-10)5-14-16(20)15-12(19)6-11(18)7-13(15)21-14/h1-7,18-19H/b14-5-. The number of phenols is 2. The molecule has 21 heavy (non-hydrogen) atoms. The zero-order valence-electron chi connectivity index (χ0n) is 10.7. The van der Waals surface area contributed by atoms with Gasteiger partial charge in [0, 0.05) is 12.1 Å².